The highest BCUT2D eigenvalue weighted by molar-refractivity contribution is 7.99. The van der Waals surface area contributed by atoms with Gasteiger partial charge in [-0.2, -0.15) is 0 Å². The molecule has 0 spiro atoms. The van der Waals surface area contributed by atoms with Crippen molar-refractivity contribution in [2.75, 3.05) is 17.6 Å². The van der Waals surface area contributed by atoms with Gasteiger partial charge in [0.25, 0.3) is 5.91 Å². The zero-order valence-corrected chi connectivity index (χ0v) is 20.5. The third kappa shape index (κ3) is 5.18. The molecule has 2 amide bonds. The van der Waals surface area contributed by atoms with Crippen molar-refractivity contribution < 1.29 is 9.59 Å². The van der Waals surface area contributed by atoms with E-state index in [0.29, 0.717) is 33.0 Å². The molecule has 1 saturated heterocycles. The van der Waals surface area contributed by atoms with E-state index in [9.17, 15) is 9.59 Å². The van der Waals surface area contributed by atoms with Gasteiger partial charge in [0, 0.05) is 24.2 Å². The van der Waals surface area contributed by atoms with E-state index in [0.717, 1.165) is 24.2 Å². The number of nitrogens with one attached hydrogen (secondary N) is 1. The van der Waals surface area contributed by atoms with E-state index in [4.69, 9.17) is 23.2 Å². The molecule has 1 aromatic heterocycles. The highest BCUT2D eigenvalue weighted by atomic mass is 35.5. The van der Waals surface area contributed by atoms with E-state index in [1.54, 1.807) is 18.2 Å². The average molecular weight is 504 g/mol. The lowest BCUT2D eigenvalue weighted by molar-refractivity contribution is -0.113. The Kier molecular flexibility index (Phi) is 7.26. The summed E-state index contributed by atoms with van der Waals surface area (Å²) in [6.45, 7) is 2.62. The molecule has 0 radical (unpaired) electrons. The number of hydrogen-bond acceptors (Lipinski definition) is 5. The second-order valence-corrected chi connectivity index (χ2v) is 9.62. The molecule has 7 nitrogen and oxygen atoms in total. The Morgan fingerprint density at radius 2 is 1.97 bits per heavy atom. The molecule has 1 atom stereocenters. The summed E-state index contributed by atoms with van der Waals surface area (Å²) in [6, 6.07) is 12.4. The minimum Gasteiger partial charge on any atom is -0.328 e. The Balaban J connectivity index is 1.43. The fourth-order valence-corrected chi connectivity index (χ4v) is 5.07. The van der Waals surface area contributed by atoms with Crippen LogP contribution < -0.4 is 5.32 Å². The monoisotopic (exact) mass is 503 g/mol. The first-order valence-corrected chi connectivity index (χ1v) is 12.2. The first-order chi connectivity index (χ1) is 15.8. The van der Waals surface area contributed by atoms with Crippen LogP contribution in [0.15, 0.2) is 47.6 Å². The summed E-state index contributed by atoms with van der Waals surface area (Å²) < 4.78 is 1.86. The second-order valence-electron chi connectivity index (χ2n) is 7.83. The van der Waals surface area contributed by atoms with Crippen LogP contribution in [0, 0.1) is 6.92 Å². The normalized spacial score (nSPS) is 15.6. The van der Waals surface area contributed by atoms with Crippen LogP contribution in [0.1, 0.15) is 40.6 Å². The lowest BCUT2D eigenvalue weighted by Crippen LogP contribution is -2.32. The summed E-state index contributed by atoms with van der Waals surface area (Å²) in [6.07, 6.45) is 1.73. The number of aromatic nitrogens is 3. The number of hydrogen-bond donors (Lipinski definition) is 1. The molecule has 1 aliphatic rings. The van der Waals surface area contributed by atoms with Crippen molar-refractivity contribution in [2.45, 2.75) is 31.0 Å². The van der Waals surface area contributed by atoms with Gasteiger partial charge in [-0.05, 0) is 49.6 Å². The summed E-state index contributed by atoms with van der Waals surface area (Å²) in [7, 11) is 1.86. The third-order valence-electron chi connectivity index (χ3n) is 5.59. The smallest absolute Gasteiger partial charge is 0.254 e. The number of amides is 2. The molecule has 0 bridgehead atoms. The van der Waals surface area contributed by atoms with Gasteiger partial charge in [0.1, 0.15) is 0 Å². The van der Waals surface area contributed by atoms with Gasteiger partial charge in [0.05, 0.1) is 22.5 Å². The summed E-state index contributed by atoms with van der Waals surface area (Å²) in [5.41, 5.74) is 2.16. The lowest BCUT2D eigenvalue weighted by atomic mass is 10.1. The fraction of sp³-hybridized carbons (Fsp3) is 0.304. The fourth-order valence-electron chi connectivity index (χ4n) is 3.90. The zero-order chi connectivity index (χ0) is 23.5. The first kappa shape index (κ1) is 23.6. The minimum absolute atomic E-state index is 0.00650. The van der Waals surface area contributed by atoms with Crippen LogP contribution in [0.3, 0.4) is 0 Å². The van der Waals surface area contributed by atoms with Gasteiger partial charge in [-0.25, -0.2) is 0 Å². The molecule has 1 aliphatic heterocycles. The number of likely N-dealkylation sites (tertiary alicyclic amines) is 1. The number of thioether (sulfide) groups is 1. The molecule has 3 aromatic rings. The van der Waals surface area contributed by atoms with Gasteiger partial charge in [-0.1, -0.05) is 53.2 Å². The molecule has 2 heterocycles. The van der Waals surface area contributed by atoms with Crippen LogP contribution in [-0.4, -0.2) is 43.8 Å². The van der Waals surface area contributed by atoms with Crippen LogP contribution in [0.4, 0.5) is 5.69 Å². The van der Waals surface area contributed by atoms with Gasteiger partial charge < -0.3 is 14.8 Å². The molecule has 4 rings (SSSR count). The summed E-state index contributed by atoms with van der Waals surface area (Å²) in [4.78, 5) is 27.5. The number of benzene rings is 2. The summed E-state index contributed by atoms with van der Waals surface area (Å²) in [5, 5.41) is 12.9. The number of carbonyl (C=O) groups excluding carboxylic acids is 2. The van der Waals surface area contributed by atoms with E-state index in [1.165, 1.54) is 11.8 Å². The topological polar surface area (TPSA) is 80.1 Å². The van der Waals surface area contributed by atoms with Gasteiger partial charge in [0.15, 0.2) is 11.0 Å². The highest BCUT2D eigenvalue weighted by Gasteiger charge is 2.34. The van der Waals surface area contributed by atoms with E-state index in [2.05, 4.69) is 15.5 Å². The van der Waals surface area contributed by atoms with E-state index < -0.39 is 0 Å². The van der Waals surface area contributed by atoms with Crippen LogP contribution in [0.5, 0.6) is 0 Å². The van der Waals surface area contributed by atoms with E-state index >= 15 is 0 Å². The molecule has 33 heavy (non-hydrogen) atoms. The van der Waals surface area contributed by atoms with Gasteiger partial charge in [-0.15, -0.1) is 10.2 Å². The largest absolute Gasteiger partial charge is 0.328 e. The van der Waals surface area contributed by atoms with Gasteiger partial charge >= 0.3 is 0 Å². The van der Waals surface area contributed by atoms with Gasteiger partial charge in [0.2, 0.25) is 5.91 Å². The number of anilines is 1. The minimum atomic E-state index is -0.217. The second kappa shape index (κ2) is 10.2. The number of halogens is 2. The number of nitrogens with zero attached hydrogens (tertiary/aromatic N) is 4. The summed E-state index contributed by atoms with van der Waals surface area (Å²) >= 11 is 13.3. The van der Waals surface area contributed by atoms with Crippen LogP contribution in [0.25, 0.3) is 0 Å². The number of carbonyl (C=O) groups is 2. The number of aryl methyl sites for hydroxylation is 1. The highest BCUT2D eigenvalue weighted by Crippen LogP contribution is 2.34. The molecule has 172 valence electrons. The summed E-state index contributed by atoms with van der Waals surface area (Å²) in [5.74, 6) is 0.651. The third-order valence-corrected chi connectivity index (χ3v) is 7.16. The van der Waals surface area contributed by atoms with Crippen molar-refractivity contribution in [2.24, 2.45) is 7.05 Å². The van der Waals surface area contributed by atoms with Crippen molar-refractivity contribution in [3.05, 3.63) is 69.5 Å². The van der Waals surface area contributed by atoms with E-state index in [-0.39, 0.29) is 23.6 Å². The Bertz CT molecular complexity index is 1200. The molecule has 1 fully saturated rings. The van der Waals surface area contributed by atoms with Crippen molar-refractivity contribution in [3.63, 3.8) is 0 Å². The standard InChI is InChI=1S/C23H23Cl2N5O2S/c1-14-6-3-4-7-16(14)22(32)30-11-5-8-19(30)21-27-28-23(29(21)2)33-13-20(31)26-18-10-9-15(24)12-17(18)25/h3-4,6-7,9-10,12,19H,5,8,11,13H2,1-2H3,(H,26,31). The van der Waals surface area contributed by atoms with Gasteiger partial charge in [-0.3, -0.25) is 9.59 Å². The van der Waals surface area contributed by atoms with Crippen molar-refractivity contribution in [1.82, 2.24) is 19.7 Å². The molecule has 0 saturated carbocycles. The zero-order valence-electron chi connectivity index (χ0n) is 18.2. The Labute approximate surface area is 206 Å². The van der Waals surface area contributed by atoms with Crippen LogP contribution in [0.2, 0.25) is 10.0 Å². The molecule has 0 aliphatic carbocycles. The maximum absolute atomic E-state index is 13.2. The van der Waals surface area contributed by atoms with E-state index in [1.807, 2.05) is 47.7 Å². The predicted octanol–water partition coefficient (Wildman–Crippen LogP) is 5.14. The SMILES string of the molecule is Cc1ccccc1C(=O)N1CCCC1c1nnc(SCC(=O)Nc2ccc(Cl)cc2Cl)n1C. The molecule has 1 N–H and O–H groups in total. The maximum atomic E-state index is 13.2. The van der Waals surface area contributed by atoms with Crippen molar-refractivity contribution >= 4 is 52.5 Å². The maximum Gasteiger partial charge on any atom is 0.254 e. The predicted molar refractivity (Wildman–Crippen MR) is 131 cm³/mol. The molecular formula is C23H23Cl2N5O2S. The quantitative estimate of drug-likeness (QED) is 0.471. The molecule has 10 heteroatoms. The number of rotatable bonds is 6. The first-order valence-electron chi connectivity index (χ1n) is 10.5. The Hall–Kier alpha value is -2.55. The average Bonchev–Trinajstić information content (AvgIpc) is 3.40. The van der Waals surface area contributed by atoms with Crippen LogP contribution in [-0.2, 0) is 11.8 Å². The van der Waals surface area contributed by atoms with Crippen molar-refractivity contribution in [3.8, 4) is 0 Å². The molecule has 1 unspecified atom stereocenters. The van der Waals surface area contributed by atoms with Crippen LogP contribution >= 0.6 is 35.0 Å². The Morgan fingerprint density at radius 3 is 2.73 bits per heavy atom. The molecular weight excluding hydrogens is 481 g/mol. The van der Waals surface area contributed by atoms with Crippen molar-refractivity contribution in [1.29, 1.82) is 0 Å². The molecule has 2 aromatic carbocycles. The lowest BCUT2D eigenvalue weighted by Gasteiger charge is -2.24. The Morgan fingerprint density at radius 1 is 1.18 bits per heavy atom.